The summed E-state index contributed by atoms with van der Waals surface area (Å²) < 4.78 is 6.44. The maximum absolute atomic E-state index is 12.3. The van der Waals surface area contributed by atoms with E-state index in [0.29, 0.717) is 6.54 Å². The van der Waals surface area contributed by atoms with Crippen LogP contribution < -0.4 is 20.9 Å². The van der Waals surface area contributed by atoms with Crippen LogP contribution in [0.2, 0.25) is 0 Å². The summed E-state index contributed by atoms with van der Waals surface area (Å²) in [5.74, 6) is -0.120. The molecule has 8 nitrogen and oxygen atoms in total. The van der Waals surface area contributed by atoms with Crippen molar-refractivity contribution in [1.29, 1.82) is 0 Å². The minimum absolute atomic E-state index is 0.120. The van der Waals surface area contributed by atoms with Crippen LogP contribution in [0.25, 0.3) is 10.2 Å². The highest BCUT2D eigenvalue weighted by molar-refractivity contribution is 7.22. The largest absolute Gasteiger partial charge is 0.378 e. The van der Waals surface area contributed by atoms with Gasteiger partial charge in [0.2, 0.25) is 5.91 Å². The summed E-state index contributed by atoms with van der Waals surface area (Å²) >= 11 is 1.63. The molecule has 0 spiro atoms. The molecule has 2 heterocycles. The van der Waals surface area contributed by atoms with E-state index in [1.54, 1.807) is 11.3 Å². The predicted octanol–water partition coefficient (Wildman–Crippen LogP) is 3.09. The molecule has 1 saturated heterocycles. The molecule has 4 rings (SSSR count). The Kier molecular flexibility index (Phi) is 7.01. The Bertz CT molecular complexity index is 875. The van der Waals surface area contributed by atoms with Gasteiger partial charge in [-0.05, 0) is 31.0 Å². The first kappa shape index (κ1) is 20.9. The third kappa shape index (κ3) is 5.60. The second kappa shape index (κ2) is 10.1. The molecule has 3 amide bonds. The number of aromatic nitrogens is 1. The van der Waals surface area contributed by atoms with Crippen LogP contribution in [0.4, 0.5) is 15.6 Å². The lowest BCUT2D eigenvalue weighted by molar-refractivity contribution is -0.116. The molecule has 3 N–H and O–H groups in total. The second-order valence-corrected chi connectivity index (χ2v) is 8.82. The molecule has 0 radical (unpaired) electrons. The van der Waals surface area contributed by atoms with E-state index in [-0.39, 0.29) is 24.4 Å². The molecule has 162 valence electrons. The first-order chi connectivity index (χ1) is 14.7. The summed E-state index contributed by atoms with van der Waals surface area (Å²) in [6, 6.07) is 5.84. The van der Waals surface area contributed by atoms with Crippen LogP contribution in [0.3, 0.4) is 0 Å². The van der Waals surface area contributed by atoms with Gasteiger partial charge < -0.3 is 25.6 Å². The number of rotatable bonds is 6. The quantitative estimate of drug-likeness (QED) is 0.653. The molecular formula is C21H29N5O3S. The van der Waals surface area contributed by atoms with Crippen LogP contribution in [0.5, 0.6) is 0 Å². The minimum atomic E-state index is -0.184. The molecule has 0 unspecified atom stereocenters. The van der Waals surface area contributed by atoms with Crippen molar-refractivity contribution in [1.82, 2.24) is 15.6 Å². The maximum Gasteiger partial charge on any atom is 0.315 e. The zero-order valence-corrected chi connectivity index (χ0v) is 17.9. The van der Waals surface area contributed by atoms with Gasteiger partial charge in [-0.2, -0.15) is 0 Å². The van der Waals surface area contributed by atoms with Gasteiger partial charge in [-0.25, -0.2) is 9.78 Å². The lowest BCUT2D eigenvalue weighted by Gasteiger charge is -2.25. The fraction of sp³-hybridized carbons (Fsp3) is 0.571. The normalized spacial score (nSPS) is 17.7. The molecule has 2 aromatic rings. The van der Waals surface area contributed by atoms with Crippen molar-refractivity contribution in [2.75, 3.05) is 43.1 Å². The van der Waals surface area contributed by atoms with Crippen LogP contribution in [0.1, 0.15) is 38.5 Å². The standard InChI is InChI=1S/C21H29N5O3S/c27-19(8-9-22-20(28)24-15-4-2-1-3-5-15)23-16-6-7-17-18(14-16)30-21(25-17)26-10-12-29-13-11-26/h6-7,14-15H,1-5,8-13H2,(H,23,27)(H2,22,24,28). The smallest absolute Gasteiger partial charge is 0.315 e. The number of thiazole rings is 1. The lowest BCUT2D eigenvalue weighted by atomic mass is 9.96. The molecule has 2 fully saturated rings. The number of amides is 3. The number of anilines is 2. The van der Waals surface area contributed by atoms with Crippen LogP contribution in [0.15, 0.2) is 18.2 Å². The summed E-state index contributed by atoms with van der Waals surface area (Å²) in [7, 11) is 0. The SMILES string of the molecule is O=C(CCNC(=O)NC1CCCCC1)Nc1ccc2nc(N3CCOCC3)sc2c1. The average Bonchev–Trinajstić information content (AvgIpc) is 3.18. The first-order valence-corrected chi connectivity index (χ1v) is 11.6. The molecule has 9 heteroatoms. The van der Waals surface area contributed by atoms with Crippen molar-refractivity contribution in [3.8, 4) is 0 Å². The number of ether oxygens (including phenoxy) is 1. The van der Waals surface area contributed by atoms with Crippen molar-refractivity contribution in [2.24, 2.45) is 0 Å². The Morgan fingerprint density at radius 3 is 2.77 bits per heavy atom. The van der Waals surface area contributed by atoms with Gasteiger partial charge >= 0.3 is 6.03 Å². The predicted molar refractivity (Wildman–Crippen MR) is 119 cm³/mol. The summed E-state index contributed by atoms with van der Waals surface area (Å²) in [5.41, 5.74) is 1.68. The van der Waals surface area contributed by atoms with Crippen molar-refractivity contribution >= 4 is 44.3 Å². The van der Waals surface area contributed by atoms with Crippen LogP contribution in [0, 0.1) is 0 Å². The molecule has 1 saturated carbocycles. The summed E-state index contributed by atoms with van der Waals surface area (Å²) in [6.45, 7) is 3.47. The van der Waals surface area contributed by atoms with Gasteiger partial charge in [0.15, 0.2) is 5.13 Å². The topological polar surface area (TPSA) is 95.6 Å². The zero-order chi connectivity index (χ0) is 20.8. The van der Waals surface area contributed by atoms with E-state index in [2.05, 4.69) is 20.9 Å². The third-order valence-corrected chi connectivity index (χ3v) is 6.60. The van der Waals surface area contributed by atoms with Gasteiger partial charge in [0.1, 0.15) is 0 Å². The minimum Gasteiger partial charge on any atom is -0.378 e. The highest BCUT2D eigenvalue weighted by Gasteiger charge is 2.17. The second-order valence-electron chi connectivity index (χ2n) is 7.81. The number of carbonyl (C=O) groups excluding carboxylic acids is 2. The maximum atomic E-state index is 12.3. The Balaban J connectivity index is 1.24. The number of morpholine rings is 1. The Hall–Kier alpha value is -2.39. The zero-order valence-electron chi connectivity index (χ0n) is 17.1. The third-order valence-electron chi connectivity index (χ3n) is 5.52. The number of urea groups is 1. The molecule has 0 bridgehead atoms. The first-order valence-electron chi connectivity index (χ1n) is 10.7. The lowest BCUT2D eigenvalue weighted by Crippen LogP contribution is -2.43. The molecule has 1 aromatic heterocycles. The molecule has 1 aliphatic heterocycles. The van der Waals surface area contributed by atoms with Crippen molar-refractivity contribution in [3.05, 3.63) is 18.2 Å². The van der Waals surface area contributed by atoms with E-state index >= 15 is 0 Å². The molecule has 0 atom stereocenters. The summed E-state index contributed by atoms with van der Waals surface area (Å²) in [6.07, 6.45) is 5.92. The van der Waals surface area contributed by atoms with Crippen LogP contribution >= 0.6 is 11.3 Å². The van der Waals surface area contributed by atoms with E-state index < -0.39 is 0 Å². The van der Waals surface area contributed by atoms with E-state index in [9.17, 15) is 9.59 Å². The fourth-order valence-corrected chi connectivity index (χ4v) is 4.93. The van der Waals surface area contributed by atoms with Gasteiger partial charge in [-0.1, -0.05) is 30.6 Å². The average molecular weight is 432 g/mol. The van der Waals surface area contributed by atoms with Gasteiger partial charge in [0.25, 0.3) is 0 Å². The van der Waals surface area contributed by atoms with Crippen molar-refractivity contribution < 1.29 is 14.3 Å². The Morgan fingerprint density at radius 2 is 1.97 bits per heavy atom. The number of carbonyl (C=O) groups is 2. The molecule has 2 aliphatic rings. The van der Waals surface area contributed by atoms with Gasteiger partial charge in [-0.3, -0.25) is 4.79 Å². The van der Waals surface area contributed by atoms with Crippen molar-refractivity contribution in [3.63, 3.8) is 0 Å². The number of hydrogen-bond acceptors (Lipinski definition) is 6. The number of hydrogen-bond donors (Lipinski definition) is 3. The summed E-state index contributed by atoms with van der Waals surface area (Å²) in [5, 5.41) is 9.68. The highest BCUT2D eigenvalue weighted by Crippen LogP contribution is 2.31. The van der Waals surface area contributed by atoms with Crippen LogP contribution in [-0.2, 0) is 9.53 Å². The van der Waals surface area contributed by atoms with Gasteiger partial charge in [0.05, 0.1) is 23.4 Å². The van der Waals surface area contributed by atoms with E-state index in [1.165, 1.54) is 19.3 Å². The van der Waals surface area contributed by atoms with E-state index in [4.69, 9.17) is 9.72 Å². The van der Waals surface area contributed by atoms with Gasteiger partial charge in [-0.15, -0.1) is 0 Å². The number of nitrogens with zero attached hydrogens (tertiary/aromatic N) is 2. The monoisotopic (exact) mass is 431 g/mol. The fourth-order valence-electron chi connectivity index (χ4n) is 3.88. The number of fused-ring (bicyclic) bond motifs is 1. The number of nitrogens with one attached hydrogen (secondary N) is 3. The van der Waals surface area contributed by atoms with E-state index in [1.807, 2.05) is 18.2 Å². The Morgan fingerprint density at radius 1 is 1.17 bits per heavy atom. The summed E-state index contributed by atoms with van der Waals surface area (Å²) in [4.78, 5) is 31.1. The highest BCUT2D eigenvalue weighted by atomic mass is 32.1. The molecule has 1 aliphatic carbocycles. The molecular weight excluding hydrogens is 402 g/mol. The van der Waals surface area contributed by atoms with E-state index in [0.717, 1.165) is 60.2 Å². The molecule has 30 heavy (non-hydrogen) atoms. The Labute approximate surface area is 180 Å². The van der Waals surface area contributed by atoms with Crippen molar-refractivity contribution in [2.45, 2.75) is 44.6 Å². The van der Waals surface area contributed by atoms with Gasteiger partial charge in [0, 0.05) is 37.8 Å². The van der Waals surface area contributed by atoms with Crippen LogP contribution in [-0.4, -0.2) is 55.8 Å². The molecule has 1 aromatic carbocycles. The number of benzene rings is 1.